The van der Waals surface area contributed by atoms with E-state index in [4.69, 9.17) is 0 Å². The van der Waals surface area contributed by atoms with Gasteiger partial charge in [0.25, 0.3) is 0 Å². The van der Waals surface area contributed by atoms with Gasteiger partial charge in [-0.25, -0.2) is 0 Å². The molecule has 3 heteroatoms. The Bertz CT molecular complexity index is 29.0. The van der Waals surface area contributed by atoms with E-state index in [0.29, 0.717) is 0 Å². The van der Waals surface area contributed by atoms with E-state index in [1.807, 2.05) is 0 Å². The summed E-state index contributed by atoms with van der Waals surface area (Å²) in [5, 5.41) is 0. The van der Waals surface area contributed by atoms with Gasteiger partial charge in [0.2, 0.25) is 0 Å². The van der Waals surface area contributed by atoms with Gasteiger partial charge in [0.05, 0.1) is 0 Å². The third-order valence-electron chi connectivity index (χ3n) is 0.0745. The molecule has 0 atom stereocenters. The van der Waals surface area contributed by atoms with E-state index in [9.17, 15) is 0 Å². The van der Waals surface area contributed by atoms with Crippen molar-refractivity contribution in [2.45, 2.75) is 0 Å². The first kappa shape index (κ1) is 4.45. The SMILES string of the molecule is C=PB=S. The summed E-state index contributed by atoms with van der Waals surface area (Å²) < 4.78 is 0. The van der Waals surface area contributed by atoms with E-state index in [2.05, 4.69) is 18.4 Å². The average Bonchev–Trinajstić information content (AvgIpc) is 1.37. The quantitative estimate of drug-likeness (QED) is 0.341. The van der Waals surface area contributed by atoms with Gasteiger partial charge in [0, 0.05) is 0 Å². The van der Waals surface area contributed by atoms with Gasteiger partial charge in [-0.1, -0.05) is 0 Å². The Morgan fingerprint density at radius 1 is 2.00 bits per heavy atom. The molecular weight excluding hydrogens is 85.9 g/mol. The zero-order valence-electron chi connectivity index (χ0n) is 2.14. The van der Waals surface area contributed by atoms with Crippen molar-refractivity contribution in [3.63, 3.8) is 0 Å². The zero-order valence-corrected chi connectivity index (χ0v) is 3.85. The van der Waals surface area contributed by atoms with Gasteiger partial charge in [-0.3, -0.25) is 0 Å². The van der Waals surface area contributed by atoms with Crippen LogP contribution < -0.4 is 0 Å². The Morgan fingerprint density at radius 2 is 2.25 bits per heavy atom. The van der Waals surface area contributed by atoms with Crippen LogP contribution in [-0.4, -0.2) is 12.2 Å². The van der Waals surface area contributed by atoms with Crippen LogP contribution in [0, 0.1) is 0 Å². The summed E-state index contributed by atoms with van der Waals surface area (Å²) in [7, 11) is 0.938. The van der Waals surface area contributed by atoms with Crippen molar-refractivity contribution < 1.29 is 0 Å². The molecule has 20 valence electrons. The fourth-order valence-corrected chi connectivity index (χ4v) is 0. The molecule has 0 saturated carbocycles. The second kappa shape index (κ2) is 3.45. The maximum absolute atomic E-state index is 4.35. The molecule has 0 aliphatic heterocycles. The third kappa shape index (κ3) is 2.45. The molecule has 0 spiro atoms. The van der Waals surface area contributed by atoms with Crippen LogP contribution in [-0.2, 0) is 0 Å². The summed E-state index contributed by atoms with van der Waals surface area (Å²) in [6.07, 6.45) is 3.42. The van der Waals surface area contributed by atoms with Gasteiger partial charge in [-0.05, 0) is 0 Å². The summed E-state index contributed by atoms with van der Waals surface area (Å²) >= 11 is 4.35. The van der Waals surface area contributed by atoms with Crippen molar-refractivity contribution >= 4 is 32.3 Å². The van der Waals surface area contributed by atoms with Crippen LogP contribution in [0.15, 0.2) is 0 Å². The molecule has 0 radical (unpaired) electrons. The number of rotatable bonds is 1. The van der Waals surface area contributed by atoms with E-state index in [0.717, 1.165) is 8.08 Å². The van der Waals surface area contributed by atoms with Crippen LogP contribution in [0.3, 0.4) is 0 Å². The van der Waals surface area contributed by atoms with E-state index in [1.54, 1.807) is 5.87 Å². The molecule has 0 bridgehead atoms. The number of hydrogen-bond acceptors (Lipinski definition) is 1. The van der Waals surface area contributed by atoms with Gasteiger partial charge >= 0.3 is 32.3 Å². The fourth-order valence-electron chi connectivity index (χ4n) is 0. The molecule has 0 aliphatic rings. The summed E-state index contributed by atoms with van der Waals surface area (Å²) in [5.74, 6) is 1.57. The van der Waals surface area contributed by atoms with Crippen LogP contribution in [0.5, 0.6) is 0 Å². The van der Waals surface area contributed by atoms with E-state index >= 15 is 0 Å². The monoisotopic (exact) mass is 88.0 g/mol. The van der Waals surface area contributed by atoms with Crippen molar-refractivity contribution in [3.05, 3.63) is 0 Å². The Hall–Kier alpha value is 0.455. The van der Waals surface area contributed by atoms with E-state index in [1.165, 1.54) is 0 Å². The minimum atomic E-state index is 0.938. The molecule has 0 N–H and O–H groups in total. The van der Waals surface area contributed by atoms with Crippen molar-refractivity contribution in [2.75, 3.05) is 0 Å². The summed E-state index contributed by atoms with van der Waals surface area (Å²) in [4.78, 5) is 0. The topological polar surface area (TPSA) is 0 Å². The molecule has 0 unspecified atom stereocenters. The Morgan fingerprint density at radius 3 is 2.25 bits per heavy atom. The summed E-state index contributed by atoms with van der Waals surface area (Å²) in [6, 6.07) is 0. The molecule has 0 aromatic rings. The van der Waals surface area contributed by atoms with Crippen LogP contribution in [0.1, 0.15) is 0 Å². The van der Waals surface area contributed by atoms with Crippen LogP contribution in [0.2, 0.25) is 0 Å². The maximum atomic E-state index is 4.35. The van der Waals surface area contributed by atoms with Gasteiger partial charge in [0.15, 0.2) is 0 Å². The van der Waals surface area contributed by atoms with Gasteiger partial charge in [-0.2, -0.15) is 0 Å². The predicted octanol–water partition coefficient (Wildman–Crippen LogP) is 1.10. The normalized spacial score (nSPS) is 6.00. The molecule has 4 heavy (non-hydrogen) atoms. The minimum absolute atomic E-state index is 0.938. The molecular formula is CH2BPS. The molecule has 0 rings (SSSR count). The Kier molecular flexibility index (Phi) is 3.85. The first-order valence-electron chi connectivity index (χ1n) is 0.810. The van der Waals surface area contributed by atoms with Crippen LogP contribution in [0.4, 0.5) is 0 Å². The van der Waals surface area contributed by atoms with Crippen molar-refractivity contribution in [1.82, 2.24) is 0 Å². The van der Waals surface area contributed by atoms with E-state index < -0.39 is 0 Å². The van der Waals surface area contributed by atoms with E-state index in [-0.39, 0.29) is 0 Å². The predicted molar refractivity (Wildman–Crippen MR) is 27.4 cm³/mol. The third-order valence-corrected chi connectivity index (χ3v) is 0.671. The molecule has 0 fully saturated rings. The van der Waals surface area contributed by atoms with Crippen LogP contribution >= 0.6 is 20.1 Å². The number of hydrogen-bond donors (Lipinski definition) is 0. The summed E-state index contributed by atoms with van der Waals surface area (Å²) in [5.41, 5.74) is 0. The summed E-state index contributed by atoms with van der Waals surface area (Å²) in [6.45, 7) is 0. The van der Waals surface area contributed by atoms with Crippen molar-refractivity contribution in [2.24, 2.45) is 0 Å². The average molecular weight is 87.9 g/mol. The van der Waals surface area contributed by atoms with Gasteiger partial charge in [0.1, 0.15) is 0 Å². The molecule has 0 aliphatic carbocycles. The molecule has 0 saturated heterocycles. The van der Waals surface area contributed by atoms with Crippen molar-refractivity contribution in [3.8, 4) is 0 Å². The van der Waals surface area contributed by atoms with Crippen molar-refractivity contribution in [1.29, 1.82) is 0 Å². The fraction of sp³-hybridized carbons (Fsp3) is 0. The van der Waals surface area contributed by atoms with Gasteiger partial charge in [-0.15, -0.1) is 0 Å². The zero-order chi connectivity index (χ0) is 3.41. The molecule has 0 amide bonds. The molecule has 0 aromatic carbocycles. The Balaban J connectivity index is 2.73. The van der Waals surface area contributed by atoms with Crippen LogP contribution in [0.25, 0.3) is 0 Å². The second-order valence-electron chi connectivity index (χ2n) is 0.288. The second-order valence-corrected chi connectivity index (χ2v) is 1.50. The first-order chi connectivity index (χ1) is 1.91. The standard InChI is InChI=1S/CH2BPS/c1-3-2-4/h1H2. The molecule has 0 nitrogen and oxygen atoms in total. The Labute approximate surface area is 33.1 Å². The first-order valence-corrected chi connectivity index (χ1v) is 2.43. The van der Waals surface area contributed by atoms with Gasteiger partial charge < -0.3 is 0 Å². The molecule has 0 aromatic heterocycles. The molecule has 0 heterocycles.